The summed E-state index contributed by atoms with van der Waals surface area (Å²) < 4.78 is 24.1. The summed E-state index contributed by atoms with van der Waals surface area (Å²) in [5.41, 5.74) is 0. The van der Waals surface area contributed by atoms with Crippen molar-refractivity contribution in [3.05, 3.63) is 30.1 Å². The summed E-state index contributed by atoms with van der Waals surface area (Å²) in [6.45, 7) is 2.23. The number of hydrogen-bond donors (Lipinski definition) is 0. The van der Waals surface area contributed by atoms with Crippen LogP contribution in [-0.4, -0.2) is 18.7 Å². The predicted octanol–water partition coefficient (Wildman–Crippen LogP) is 3.33. The van der Waals surface area contributed by atoms with Crippen molar-refractivity contribution in [2.24, 2.45) is 5.92 Å². The van der Waals surface area contributed by atoms with Gasteiger partial charge in [0.15, 0.2) is 11.6 Å². The molecule has 0 aliphatic heterocycles. The fraction of sp³-hybridized carbons (Fsp3) is 0.533. The van der Waals surface area contributed by atoms with Gasteiger partial charge in [-0.25, -0.2) is 4.39 Å². The zero-order valence-electron chi connectivity index (χ0n) is 11.1. The smallest absolute Gasteiger partial charge is 0.308 e. The second-order valence-electron chi connectivity index (χ2n) is 4.77. The Labute approximate surface area is 112 Å². The lowest BCUT2D eigenvalue weighted by molar-refractivity contribution is -0.149. The minimum absolute atomic E-state index is 0.0115. The van der Waals surface area contributed by atoms with E-state index >= 15 is 0 Å². The molecule has 0 aromatic heterocycles. The van der Waals surface area contributed by atoms with Crippen molar-refractivity contribution in [1.29, 1.82) is 0 Å². The first-order valence-electron chi connectivity index (χ1n) is 6.78. The maximum Gasteiger partial charge on any atom is 0.308 e. The average Bonchev–Trinajstić information content (AvgIpc) is 2.42. The summed E-state index contributed by atoms with van der Waals surface area (Å²) in [7, 11) is 0. The summed E-state index contributed by atoms with van der Waals surface area (Å²) in [6.07, 6.45) is 3.01. The predicted molar refractivity (Wildman–Crippen MR) is 69.4 cm³/mol. The molecular weight excluding hydrogens is 247 g/mol. The maximum atomic E-state index is 13.5. The number of halogens is 1. The van der Waals surface area contributed by atoms with Crippen LogP contribution in [0.3, 0.4) is 0 Å². The molecule has 0 heterocycles. The van der Waals surface area contributed by atoms with E-state index in [0.717, 1.165) is 25.7 Å². The number of rotatable bonds is 4. The van der Waals surface area contributed by atoms with Gasteiger partial charge in [0.25, 0.3) is 0 Å². The number of esters is 1. The van der Waals surface area contributed by atoms with Crippen LogP contribution in [0.4, 0.5) is 4.39 Å². The van der Waals surface area contributed by atoms with E-state index in [4.69, 9.17) is 9.47 Å². The Morgan fingerprint density at radius 2 is 1.95 bits per heavy atom. The lowest BCUT2D eigenvalue weighted by Crippen LogP contribution is -2.29. The van der Waals surface area contributed by atoms with Crippen LogP contribution < -0.4 is 4.74 Å². The molecule has 104 valence electrons. The highest BCUT2D eigenvalue weighted by molar-refractivity contribution is 5.72. The van der Waals surface area contributed by atoms with E-state index in [1.54, 1.807) is 18.2 Å². The molecule has 3 nitrogen and oxygen atoms in total. The molecule has 0 amide bonds. The standard InChI is InChI=1S/C15H19FO3/c1-2-18-15(17)11-7-9-12(10-8-11)19-14-6-4-3-5-13(14)16/h3-6,11-12H,2,7-10H2,1H3/t11-,12-. The molecule has 0 saturated heterocycles. The van der Waals surface area contributed by atoms with Gasteiger partial charge < -0.3 is 9.47 Å². The van der Waals surface area contributed by atoms with Crippen molar-refractivity contribution in [3.63, 3.8) is 0 Å². The van der Waals surface area contributed by atoms with Gasteiger partial charge in [0.2, 0.25) is 0 Å². The molecule has 1 aromatic carbocycles. The van der Waals surface area contributed by atoms with E-state index in [2.05, 4.69) is 0 Å². The summed E-state index contributed by atoms with van der Waals surface area (Å²) in [6, 6.07) is 6.41. The van der Waals surface area contributed by atoms with Crippen molar-refractivity contribution in [2.75, 3.05) is 6.61 Å². The van der Waals surface area contributed by atoms with Crippen LogP contribution in [0.25, 0.3) is 0 Å². The molecule has 0 atom stereocenters. The van der Waals surface area contributed by atoms with Crippen LogP contribution in [0, 0.1) is 11.7 Å². The molecule has 0 spiro atoms. The van der Waals surface area contributed by atoms with E-state index in [1.807, 2.05) is 6.92 Å². The second-order valence-corrected chi connectivity index (χ2v) is 4.77. The molecule has 1 aliphatic rings. The SMILES string of the molecule is CCOC(=O)[C@H]1CC[C@H](Oc2ccccc2F)CC1. The zero-order chi connectivity index (χ0) is 13.7. The minimum Gasteiger partial charge on any atom is -0.487 e. The Kier molecular flexibility index (Phi) is 4.77. The Morgan fingerprint density at radius 3 is 2.58 bits per heavy atom. The number of hydrogen-bond acceptors (Lipinski definition) is 3. The van der Waals surface area contributed by atoms with Gasteiger partial charge in [-0.3, -0.25) is 4.79 Å². The van der Waals surface area contributed by atoms with Gasteiger partial charge in [-0.15, -0.1) is 0 Å². The van der Waals surface area contributed by atoms with Crippen molar-refractivity contribution in [1.82, 2.24) is 0 Å². The first kappa shape index (κ1) is 13.8. The molecule has 0 unspecified atom stereocenters. The Bertz CT molecular complexity index is 425. The number of carbonyl (C=O) groups is 1. The highest BCUT2D eigenvalue weighted by Gasteiger charge is 2.28. The van der Waals surface area contributed by atoms with Gasteiger partial charge in [0.05, 0.1) is 18.6 Å². The maximum absolute atomic E-state index is 13.5. The fourth-order valence-corrected chi connectivity index (χ4v) is 2.40. The monoisotopic (exact) mass is 266 g/mol. The second kappa shape index (κ2) is 6.55. The first-order valence-corrected chi connectivity index (χ1v) is 6.78. The summed E-state index contributed by atoms with van der Waals surface area (Å²) in [4.78, 5) is 11.6. The van der Waals surface area contributed by atoms with Crippen LogP contribution >= 0.6 is 0 Å². The molecular formula is C15H19FO3. The molecule has 0 bridgehead atoms. The summed E-state index contributed by atoms with van der Waals surface area (Å²) >= 11 is 0. The van der Waals surface area contributed by atoms with E-state index < -0.39 is 0 Å². The Balaban J connectivity index is 1.84. The average molecular weight is 266 g/mol. The van der Waals surface area contributed by atoms with E-state index in [1.165, 1.54) is 6.07 Å². The van der Waals surface area contributed by atoms with Crippen LogP contribution in [0.1, 0.15) is 32.6 Å². The lowest BCUT2D eigenvalue weighted by atomic mass is 9.87. The van der Waals surface area contributed by atoms with Gasteiger partial charge >= 0.3 is 5.97 Å². The van der Waals surface area contributed by atoms with Crippen molar-refractivity contribution in [2.45, 2.75) is 38.7 Å². The zero-order valence-corrected chi connectivity index (χ0v) is 11.1. The molecule has 1 saturated carbocycles. The third-order valence-electron chi connectivity index (χ3n) is 3.42. The van der Waals surface area contributed by atoms with Crippen LogP contribution in [-0.2, 0) is 9.53 Å². The molecule has 1 aromatic rings. The van der Waals surface area contributed by atoms with Gasteiger partial charge in [-0.1, -0.05) is 12.1 Å². The highest BCUT2D eigenvalue weighted by atomic mass is 19.1. The molecule has 0 radical (unpaired) electrons. The molecule has 4 heteroatoms. The molecule has 1 fully saturated rings. The summed E-state index contributed by atoms with van der Waals surface area (Å²) in [5, 5.41) is 0. The van der Waals surface area contributed by atoms with Gasteiger partial charge in [0.1, 0.15) is 0 Å². The van der Waals surface area contributed by atoms with E-state index in [9.17, 15) is 9.18 Å². The van der Waals surface area contributed by atoms with Gasteiger partial charge in [-0.05, 0) is 44.7 Å². The largest absolute Gasteiger partial charge is 0.487 e. The number of ether oxygens (including phenoxy) is 2. The third kappa shape index (κ3) is 3.69. The van der Waals surface area contributed by atoms with Crippen LogP contribution in [0.15, 0.2) is 24.3 Å². The van der Waals surface area contributed by atoms with E-state index in [0.29, 0.717) is 12.4 Å². The quantitative estimate of drug-likeness (QED) is 0.784. The van der Waals surface area contributed by atoms with Crippen LogP contribution in [0.5, 0.6) is 5.75 Å². The first-order chi connectivity index (χ1) is 9.20. The third-order valence-corrected chi connectivity index (χ3v) is 3.42. The molecule has 2 rings (SSSR count). The Morgan fingerprint density at radius 1 is 1.26 bits per heavy atom. The van der Waals surface area contributed by atoms with Crippen LogP contribution in [0.2, 0.25) is 0 Å². The van der Waals surface area contributed by atoms with Crippen molar-refractivity contribution >= 4 is 5.97 Å². The fourth-order valence-electron chi connectivity index (χ4n) is 2.40. The minimum atomic E-state index is -0.338. The topological polar surface area (TPSA) is 35.5 Å². The highest BCUT2D eigenvalue weighted by Crippen LogP contribution is 2.29. The van der Waals surface area contributed by atoms with Crippen molar-refractivity contribution in [3.8, 4) is 5.75 Å². The van der Waals surface area contributed by atoms with Gasteiger partial charge in [-0.2, -0.15) is 0 Å². The number of para-hydroxylation sites is 1. The molecule has 19 heavy (non-hydrogen) atoms. The summed E-state index contributed by atoms with van der Waals surface area (Å²) in [5.74, 6) is -0.190. The molecule has 1 aliphatic carbocycles. The van der Waals surface area contributed by atoms with Crippen molar-refractivity contribution < 1.29 is 18.7 Å². The van der Waals surface area contributed by atoms with E-state index in [-0.39, 0.29) is 23.8 Å². The normalized spacial score (nSPS) is 22.8. The number of benzene rings is 1. The lowest BCUT2D eigenvalue weighted by Gasteiger charge is -2.27. The number of carbonyl (C=O) groups excluding carboxylic acids is 1. The molecule has 0 N–H and O–H groups in total. The van der Waals surface area contributed by atoms with Gasteiger partial charge in [0, 0.05) is 0 Å². The Hall–Kier alpha value is -1.58.